The molecule has 1 fully saturated rings. The average molecular weight is 329 g/mol. The predicted molar refractivity (Wildman–Crippen MR) is 91.0 cm³/mol. The van der Waals surface area contributed by atoms with Gasteiger partial charge in [-0.1, -0.05) is 25.2 Å². The maximum Gasteiger partial charge on any atom is 0.253 e. The summed E-state index contributed by atoms with van der Waals surface area (Å²) < 4.78 is 11.1. The van der Waals surface area contributed by atoms with Gasteiger partial charge in [0, 0.05) is 24.5 Å². The van der Waals surface area contributed by atoms with Gasteiger partial charge in [-0.15, -0.1) is 0 Å². The van der Waals surface area contributed by atoms with Crippen molar-refractivity contribution in [2.75, 3.05) is 20.2 Å². The van der Waals surface area contributed by atoms with Crippen LogP contribution in [0.15, 0.2) is 48.1 Å². The Bertz CT molecular complexity index is 650. The molecule has 2 unspecified atom stereocenters. The normalized spacial score (nSPS) is 26.2. The van der Waals surface area contributed by atoms with Crippen LogP contribution in [0.5, 0.6) is 11.5 Å². The quantitative estimate of drug-likeness (QED) is 0.920. The van der Waals surface area contributed by atoms with Crippen molar-refractivity contribution in [1.29, 1.82) is 0 Å². The van der Waals surface area contributed by atoms with E-state index in [2.05, 4.69) is 0 Å². The topological polar surface area (TPSA) is 59.0 Å². The maximum atomic E-state index is 12.6. The summed E-state index contributed by atoms with van der Waals surface area (Å²) in [5.41, 5.74) is 0.651. The van der Waals surface area contributed by atoms with E-state index in [0.29, 0.717) is 18.7 Å². The fraction of sp³-hybridized carbons (Fsp3) is 0.421. The van der Waals surface area contributed by atoms with Crippen LogP contribution < -0.4 is 9.47 Å². The van der Waals surface area contributed by atoms with Gasteiger partial charge in [-0.05, 0) is 24.3 Å². The number of carbonyl (C=O) groups excluding carboxylic acids is 1. The van der Waals surface area contributed by atoms with Crippen molar-refractivity contribution in [2.45, 2.75) is 25.6 Å². The SMILES string of the molecule is COc1ccc(O[C@@H]2CCN(C(=O)C3=CC(C)C(O)C=C3)C2)cc1. The van der Waals surface area contributed by atoms with Crippen molar-refractivity contribution in [3.8, 4) is 11.5 Å². The molecule has 1 aliphatic heterocycles. The molecule has 1 N–H and O–H groups in total. The van der Waals surface area contributed by atoms with Gasteiger partial charge in [0.15, 0.2) is 0 Å². The molecule has 2 aliphatic rings. The Morgan fingerprint density at radius 1 is 1.25 bits per heavy atom. The van der Waals surface area contributed by atoms with Crippen molar-refractivity contribution < 1.29 is 19.4 Å². The van der Waals surface area contributed by atoms with Crippen molar-refractivity contribution in [1.82, 2.24) is 4.90 Å². The molecule has 1 aliphatic carbocycles. The number of hydrogen-bond acceptors (Lipinski definition) is 4. The summed E-state index contributed by atoms with van der Waals surface area (Å²) in [6.07, 6.45) is 5.53. The summed E-state index contributed by atoms with van der Waals surface area (Å²) in [4.78, 5) is 14.4. The van der Waals surface area contributed by atoms with E-state index in [1.165, 1.54) is 0 Å². The summed E-state index contributed by atoms with van der Waals surface area (Å²) in [6.45, 7) is 3.16. The highest BCUT2D eigenvalue weighted by molar-refractivity contribution is 5.96. The van der Waals surface area contributed by atoms with Crippen molar-refractivity contribution in [3.05, 3.63) is 48.1 Å². The molecule has 128 valence electrons. The molecule has 0 aromatic heterocycles. The van der Waals surface area contributed by atoms with E-state index >= 15 is 0 Å². The van der Waals surface area contributed by atoms with Crippen molar-refractivity contribution >= 4 is 5.91 Å². The lowest BCUT2D eigenvalue weighted by molar-refractivity contribution is -0.126. The standard InChI is InChI=1S/C19H23NO4/c1-13-11-14(3-8-18(13)21)19(22)20-10-9-17(12-20)24-16-6-4-15(23-2)5-7-16/h3-8,11,13,17-18,21H,9-10,12H2,1-2H3/t13?,17-,18?/m1/s1. The molecule has 0 saturated carbocycles. The summed E-state index contributed by atoms with van der Waals surface area (Å²) in [7, 11) is 1.63. The summed E-state index contributed by atoms with van der Waals surface area (Å²) in [5, 5.41) is 9.70. The number of rotatable bonds is 4. The molecule has 1 aromatic rings. The van der Waals surface area contributed by atoms with Crippen LogP contribution in [0.1, 0.15) is 13.3 Å². The van der Waals surface area contributed by atoms with Gasteiger partial charge in [-0.2, -0.15) is 0 Å². The Morgan fingerprint density at radius 2 is 1.96 bits per heavy atom. The Morgan fingerprint density at radius 3 is 2.62 bits per heavy atom. The average Bonchev–Trinajstić information content (AvgIpc) is 3.06. The van der Waals surface area contributed by atoms with Gasteiger partial charge in [0.05, 0.1) is 19.8 Å². The second-order valence-corrected chi connectivity index (χ2v) is 6.29. The van der Waals surface area contributed by atoms with E-state index in [9.17, 15) is 9.90 Å². The highest BCUT2D eigenvalue weighted by Crippen LogP contribution is 2.24. The highest BCUT2D eigenvalue weighted by Gasteiger charge is 2.30. The third-order valence-electron chi connectivity index (χ3n) is 4.50. The lowest BCUT2D eigenvalue weighted by Crippen LogP contribution is -2.33. The molecule has 5 nitrogen and oxygen atoms in total. The van der Waals surface area contributed by atoms with E-state index in [1.807, 2.05) is 42.2 Å². The highest BCUT2D eigenvalue weighted by atomic mass is 16.5. The molecular formula is C19H23NO4. The molecule has 1 amide bonds. The zero-order valence-corrected chi connectivity index (χ0v) is 14.0. The van der Waals surface area contributed by atoms with E-state index in [4.69, 9.17) is 9.47 Å². The first-order valence-electron chi connectivity index (χ1n) is 8.25. The number of amides is 1. The zero-order chi connectivity index (χ0) is 17.1. The second kappa shape index (κ2) is 7.09. The van der Waals surface area contributed by atoms with Gasteiger partial charge in [0.25, 0.3) is 5.91 Å². The third-order valence-corrected chi connectivity index (χ3v) is 4.50. The van der Waals surface area contributed by atoms with Gasteiger partial charge in [-0.3, -0.25) is 4.79 Å². The van der Waals surface area contributed by atoms with E-state index in [1.54, 1.807) is 19.3 Å². The van der Waals surface area contributed by atoms with Crippen LogP contribution in [0.4, 0.5) is 0 Å². The maximum absolute atomic E-state index is 12.6. The Labute approximate surface area is 142 Å². The fourth-order valence-electron chi connectivity index (χ4n) is 3.00. The van der Waals surface area contributed by atoms with E-state index < -0.39 is 6.10 Å². The van der Waals surface area contributed by atoms with Crippen LogP contribution in [0, 0.1) is 5.92 Å². The molecule has 0 spiro atoms. The number of likely N-dealkylation sites (tertiary alicyclic amines) is 1. The van der Waals surface area contributed by atoms with Crippen molar-refractivity contribution in [2.24, 2.45) is 5.92 Å². The van der Waals surface area contributed by atoms with E-state index in [-0.39, 0.29) is 17.9 Å². The molecule has 1 heterocycles. The number of ether oxygens (including phenoxy) is 2. The van der Waals surface area contributed by atoms with Crippen LogP contribution >= 0.6 is 0 Å². The third kappa shape index (κ3) is 3.62. The van der Waals surface area contributed by atoms with Crippen LogP contribution in [-0.4, -0.2) is 48.3 Å². The smallest absolute Gasteiger partial charge is 0.253 e. The molecule has 5 heteroatoms. The first kappa shape index (κ1) is 16.6. The van der Waals surface area contributed by atoms with Crippen LogP contribution in [-0.2, 0) is 4.79 Å². The number of methoxy groups -OCH3 is 1. The first-order chi connectivity index (χ1) is 11.6. The minimum atomic E-state index is -0.508. The minimum absolute atomic E-state index is 0.00136. The Hall–Kier alpha value is -2.27. The lowest BCUT2D eigenvalue weighted by Gasteiger charge is -2.22. The number of carbonyl (C=O) groups is 1. The Kier molecular flexibility index (Phi) is 4.90. The number of hydrogen-bond donors (Lipinski definition) is 1. The van der Waals surface area contributed by atoms with Crippen molar-refractivity contribution in [3.63, 3.8) is 0 Å². The molecule has 3 rings (SSSR count). The minimum Gasteiger partial charge on any atom is -0.497 e. The van der Waals surface area contributed by atoms with Gasteiger partial charge >= 0.3 is 0 Å². The largest absolute Gasteiger partial charge is 0.497 e. The van der Waals surface area contributed by atoms with Crippen LogP contribution in [0.3, 0.4) is 0 Å². The van der Waals surface area contributed by atoms with Gasteiger partial charge in [0.2, 0.25) is 0 Å². The zero-order valence-electron chi connectivity index (χ0n) is 14.0. The molecule has 3 atom stereocenters. The first-order valence-corrected chi connectivity index (χ1v) is 8.25. The van der Waals surface area contributed by atoms with Crippen LogP contribution in [0.25, 0.3) is 0 Å². The molecule has 24 heavy (non-hydrogen) atoms. The van der Waals surface area contributed by atoms with Gasteiger partial charge in [-0.25, -0.2) is 0 Å². The number of aliphatic hydroxyl groups excluding tert-OH is 1. The summed E-state index contributed by atoms with van der Waals surface area (Å²) in [5.74, 6) is 1.54. The molecule has 1 saturated heterocycles. The summed E-state index contributed by atoms with van der Waals surface area (Å²) >= 11 is 0. The fourth-order valence-corrected chi connectivity index (χ4v) is 3.00. The van der Waals surface area contributed by atoms with Crippen LogP contribution in [0.2, 0.25) is 0 Å². The monoisotopic (exact) mass is 329 g/mol. The molecule has 1 aromatic carbocycles. The van der Waals surface area contributed by atoms with E-state index in [0.717, 1.165) is 17.9 Å². The molecular weight excluding hydrogens is 306 g/mol. The predicted octanol–water partition coefficient (Wildman–Crippen LogP) is 2.17. The Balaban J connectivity index is 1.57. The molecule has 0 radical (unpaired) electrons. The second-order valence-electron chi connectivity index (χ2n) is 6.29. The number of benzene rings is 1. The van der Waals surface area contributed by atoms with Gasteiger partial charge in [0.1, 0.15) is 17.6 Å². The number of aliphatic hydroxyl groups is 1. The number of nitrogens with zero attached hydrogens (tertiary/aromatic N) is 1. The van der Waals surface area contributed by atoms with Gasteiger partial charge < -0.3 is 19.5 Å². The summed E-state index contributed by atoms with van der Waals surface area (Å²) in [6, 6.07) is 7.46. The lowest BCUT2D eigenvalue weighted by atomic mass is 9.95. The molecule has 0 bridgehead atoms.